The number of benzene rings is 1. The van der Waals surface area contributed by atoms with Crippen molar-refractivity contribution in [2.45, 2.75) is 0 Å². The van der Waals surface area contributed by atoms with Gasteiger partial charge in [-0.25, -0.2) is 10.2 Å². The SMILES string of the molecule is NNC(=O)c1cc(F)c([N+](=O)[O-])cc1F. The molecule has 0 unspecified atom stereocenters. The summed E-state index contributed by atoms with van der Waals surface area (Å²) in [6.45, 7) is 0. The van der Waals surface area contributed by atoms with Gasteiger partial charge in [-0.1, -0.05) is 0 Å². The number of nitro benzene ring substituents is 1. The summed E-state index contributed by atoms with van der Waals surface area (Å²) in [5.74, 6) is 1.11. The lowest BCUT2D eigenvalue weighted by molar-refractivity contribution is -0.387. The van der Waals surface area contributed by atoms with Crippen molar-refractivity contribution in [1.82, 2.24) is 5.43 Å². The van der Waals surface area contributed by atoms with Crippen LogP contribution in [0.5, 0.6) is 0 Å². The standard InChI is InChI=1S/C7H5F2N3O3/c8-4-2-6(12(14)15)5(9)1-3(4)7(13)11-10/h1-2H,10H2,(H,11,13). The van der Waals surface area contributed by atoms with Gasteiger partial charge in [0.2, 0.25) is 5.82 Å². The summed E-state index contributed by atoms with van der Waals surface area (Å²) in [6, 6.07) is 0.732. The van der Waals surface area contributed by atoms with Crippen molar-refractivity contribution in [1.29, 1.82) is 0 Å². The van der Waals surface area contributed by atoms with Crippen LogP contribution in [0, 0.1) is 21.7 Å². The number of carbonyl (C=O) groups excluding carboxylic acids is 1. The molecule has 1 amide bonds. The Hall–Kier alpha value is -2.09. The average Bonchev–Trinajstić information content (AvgIpc) is 2.19. The van der Waals surface area contributed by atoms with Gasteiger partial charge in [-0.3, -0.25) is 20.3 Å². The van der Waals surface area contributed by atoms with Crippen molar-refractivity contribution in [3.05, 3.63) is 39.4 Å². The molecule has 0 fully saturated rings. The second-order valence-corrected chi connectivity index (χ2v) is 2.51. The minimum Gasteiger partial charge on any atom is -0.290 e. The van der Waals surface area contributed by atoms with Crippen LogP contribution in [0.25, 0.3) is 0 Å². The van der Waals surface area contributed by atoms with E-state index in [0.29, 0.717) is 12.1 Å². The fourth-order valence-electron chi connectivity index (χ4n) is 0.928. The highest BCUT2D eigenvalue weighted by Crippen LogP contribution is 2.21. The molecule has 0 aliphatic carbocycles. The van der Waals surface area contributed by atoms with Crippen molar-refractivity contribution in [2.24, 2.45) is 5.84 Å². The first-order valence-corrected chi connectivity index (χ1v) is 3.61. The molecule has 0 aliphatic heterocycles. The topological polar surface area (TPSA) is 98.3 Å². The fraction of sp³-hybridized carbons (Fsp3) is 0. The smallest absolute Gasteiger partial charge is 0.290 e. The van der Waals surface area contributed by atoms with Crippen LogP contribution in [0.3, 0.4) is 0 Å². The van der Waals surface area contributed by atoms with E-state index in [2.05, 4.69) is 0 Å². The second kappa shape index (κ2) is 3.96. The van der Waals surface area contributed by atoms with Crippen LogP contribution in [0.15, 0.2) is 12.1 Å². The first-order valence-electron chi connectivity index (χ1n) is 3.61. The monoisotopic (exact) mass is 217 g/mol. The highest BCUT2D eigenvalue weighted by atomic mass is 19.1. The predicted molar refractivity (Wildman–Crippen MR) is 44.7 cm³/mol. The van der Waals surface area contributed by atoms with E-state index < -0.39 is 33.7 Å². The molecular formula is C7H5F2N3O3. The van der Waals surface area contributed by atoms with Crippen molar-refractivity contribution in [3.8, 4) is 0 Å². The summed E-state index contributed by atoms with van der Waals surface area (Å²) in [7, 11) is 0. The van der Waals surface area contributed by atoms with Gasteiger partial charge in [0.25, 0.3) is 5.91 Å². The van der Waals surface area contributed by atoms with Crippen LogP contribution in [0.2, 0.25) is 0 Å². The van der Waals surface area contributed by atoms with Crippen LogP contribution in [0.1, 0.15) is 10.4 Å². The van der Waals surface area contributed by atoms with Crippen molar-refractivity contribution < 1.29 is 18.5 Å². The number of halogens is 2. The zero-order valence-electron chi connectivity index (χ0n) is 7.16. The maximum atomic E-state index is 13.0. The Kier molecular flexibility index (Phi) is 2.90. The number of nitrogens with zero attached hydrogens (tertiary/aromatic N) is 1. The molecule has 3 N–H and O–H groups in total. The van der Waals surface area contributed by atoms with Gasteiger partial charge in [0.1, 0.15) is 5.82 Å². The number of amides is 1. The third-order valence-corrected chi connectivity index (χ3v) is 1.61. The van der Waals surface area contributed by atoms with Gasteiger partial charge in [0.05, 0.1) is 16.6 Å². The molecule has 8 heteroatoms. The lowest BCUT2D eigenvalue weighted by Crippen LogP contribution is -2.30. The number of hydrazine groups is 1. The van der Waals surface area contributed by atoms with Crippen molar-refractivity contribution >= 4 is 11.6 Å². The van der Waals surface area contributed by atoms with Gasteiger partial charge in [-0.15, -0.1) is 0 Å². The van der Waals surface area contributed by atoms with Crippen LogP contribution >= 0.6 is 0 Å². The van der Waals surface area contributed by atoms with E-state index in [-0.39, 0.29) is 0 Å². The van der Waals surface area contributed by atoms with Gasteiger partial charge in [-0.05, 0) is 6.07 Å². The van der Waals surface area contributed by atoms with E-state index in [1.54, 1.807) is 5.43 Å². The first-order chi connectivity index (χ1) is 6.97. The molecular weight excluding hydrogens is 212 g/mol. The number of nitrogens with two attached hydrogens (primary N) is 1. The van der Waals surface area contributed by atoms with Crippen molar-refractivity contribution in [2.75, 3.05) is 0 Å². The van der Waals surface area contributed by atoms with Gasteiger partial charge < -0.3 is 0 Å². The second-order valence-electron chi connectivity index (χ2n) is 2.51. The number of carbonyl (C=O) groups is 1. The van der Waals surface area contributed by atoms with E-state index in [4.69, 9.17) is 5.84 Å². The number of rotatable bonds is 2. The largest absolute Gasteiger partial charge is 0.307 e. The molecule has 0 spiro atoms. The summed E-state index contributed by atoms with van der Waals surface area (Å²) in [4.78, 5) is 20.0. The normalized spacial score (nSPS) is 9.80. The minimum atomic E-state index is -1.31. The van der Waals surface area contributed by atoms with Crippen LogP contribution in [0.4, 0.5) is 14.5 Å². The van der Waals surface area contributed by atoms with Gasteiger partial charge in [0.15, 0.2) is 0 Å². The van der Waals surface area contributed by atoms with Crippen LogP contribution < -0.4 is 11.3 Å². The number of nitrogens with one attached hydrogen (secondary N) is 1. The zero-order valence-corrected chi connectivity index (χ0v) is 7.16. The highest BCUT2D eigenvalue weighted by Gasteiger charge is 2.21. The third kappa shape index (κ3) is 2.05. The number of nitrogen functional groups attached to an aromatic ring is 1. The molecule has 0 saturated heterocycles. The lowest BCUT2D eigenvalue weighted by atomic mass is 10.1. The van der Waals surface area contributed by atoms with E-state index in [1.165, 1.54) is 0 Å². The first kappa shape index (κ1) is 11.0. The van der Waals surface area contributed by atoms with E-state index in [1.807, 2.05) is 0 Å². The Morgan fingerprint density at radius 2 is 2.00 bits per heavy atom. The number of nitro groups is 1. The quantitative estimate of drug-likeness (QED) is 0.325. The molecule has 0 radical (unpaired) electrons. The number of hydrogen-bond donors (Lipinski definition) is 2. The zero-order chi connectivity index (χ0) is 11.6. The summed E-state index contributed by atoms with van der Waals surface area (Å²) in [5, 5.41) is 10.2. The maximum absolute atomic E-state index is 13.0. The molecule has 0 atom stereocenters. The molecule has 1 aromatic carbocycles. The summed E-state index contributed by atoms with van der Waals surface area (Å²) in [6.07, 6.45) is 0. The van der Waals surface area contributed by atoms with E-state index in [9.17, 15) is 23.7 Å². The Morgan fingerprint density at radius 1 is 1.40 bits per heavy atom. The molecule has 6 nitrogen and oxygen atoms in total. The minimum absolute atomic E-state index is 0.319. The Morgan fingerprint density at radius 3 is 2.47 bits per heavy atom. The highest BCUT2D eigenvalue weighted by molar-refractivity contribution is 5.94. The van der Waals surface area contributed by atoms with Crippen LogP contribution in [-0.2, 0) is 0 Å². The molecule has 1 rings (SSSR count). The molecule has 80 valence electrons. The fourth-order valence-corrected chi connectivity index (χ4v) is 0.928. The Balaban J connectivity index is 3.31. The summed E-state index contributed by atoms with van der Waals surface area (Å²) < 4.78 is 26.0. The Labute approximate surface area is 81.8 Å². The molecule has 15 heavy (non-hydrogen) atoms. The van der Waals surface area contributed by atoms with Gasteiger partial charge in [-0.2, -0.15) is 4.39 Å². The van der Waals surface area contributed by atoms with E-state index >= 15 is 0 Å². The van der Waals surface area contributed by atoms with Crippen LogP contribution in [-0.4, -0.2) is 10.8 Å². The molecule has 0 saturated carbocycles. The Bertz CT molecular complexity index is 436. The maximum Gasteiger partial charge on any atom is 0.307 e. The summed E-state index contributed by atoms with van der Waals surface area (Å²) in [5.41, 5.74) is -0.152. The predicted octanol–water partition coefficient (Wildman–Crippen LogP) is 0.477. The van der Waals surface area contributed by atoms with Gasteiger partial charge >= 0.3 is 5.69 Å². The lowest BCUT2D eigenvalue weighted by Gasteiger charge is -2.01. The number of hydrogen-bond acceptors (Lipinski definition) is 4. The third-order valence-electron chi connectivity index (χ3n) is 1.61. The molecule has 0 heterocycles. The average molecular weight is 217 g/mol. The molecule has 0 bridgehead atoms. The molecule has 1 aromatic rings. The molecule has 0 aliphatic rings. The summed E-state index contributed by atoms with van der Waals surface area (Å²) >= 11 is 0. The molecule has 0 aromatic heterocycles. The van der Waals surface area contributed by atoms with E-state index in [0.717, 1.165) is 0 Å². The van der Waals surface area contributed by atoms with Crippen molar-refractivity contribution in [3.63, 3.8) is 0 Å². The van der Waals surface area contributed by atoms with Gasteiger partial charge in [0, 0.05) is 0 Å².